The van der Waals surface area contributed by atoms with Crippen molar-refractivity contribution in [3.8, 4) is 17.0 Å². The molecular weight excluding hydrogens is 544 g/mol. The number of nitrogens with zero attached hydrogens (tertiary/aromatic N) is 5. The highest BCUT2D eigenvalue weighted by molar-refractivity contribution is 6.35. The molecule has 0 aliphatic heterocycles. The molecule has 1 amide bonds. The van der Waals surface area contributed by atoms with E-state index in [4.69, 9.17) is 27.9 Å². The Balaban J connectivity index is 1.41. The molecule has 0 bridgehead atoms. The van der Waals surface area contributed by atoms with Gasteiger partial charge in [-0.1, -0.05) is 29.3 Å². The van der Waals surface area contributed by atoms with E-state index in [9.17, 15) is 18.0 Å². The predicted molar refractivity (Wildman–Crippen MR) is 136 cm³/mol. The maximum Gasteiger partial charge on any atom is 0.433 e. The summed E-state index contributed by atoms with van der Waals surface area (Å²) in [6, 6.07) is 15.1. The van der Waals surface area contributed by atoms with Gasteiger partial charge in [0.1, 0.15) is 5.75 Å². The van der Waals surface area contributed by atoms with Crippen LogP contribution < -0.4 is 10.1 Å². The number of benzene rings is 2. The first-order valence-electron chi connectivity index (χ1n) is 11.0. The lowest BCUT2D eigenvalue weighted by Gasteiger charge is -2.11. The third kappa shape index (κ3) is 5.29. The minimum absolute atomic E-state index is 0.0685. The van der Waals surface area contributed by atoms with Crippen molar-refractivity contribution >= 4 is 40.6 Å². The van der Waals surface area contributed by atoms with Crippen molar-refractivity contribution in [1.82, 2.24) is 24.4 Å². The van der Waals surface area contributed by atoms with Gasteiger partial charge < -0.3 is 10.1 Å². The van der Waals surface area contributed by atoms with Crippen LogP contribution in [0.4, 0.5) is 19.0 Å². The Labute approximate surface area is 223 Å². The second-order valence-electron chi connectivity index (χ2n) is 8.14. The van der Waals surface area contributed by atoms with Gasteiger partial charge in [-0.25, -0.2) is 9.50 Å². The van der Waals surface area contributed by atoms with Gasteiger partial charge in [0.2, 0.25) is 0 Å². The van der Waals surface area contributed by atoms with Crippen molar-refractivity contribution in [2.45, 2.75) is 12.7 Å². The van der Waals surface area contributed by atoms with Crippen LogP contribution in [0.3, 0.4) is 0 Å². The molecule has 0 unspecified atom stereocenters. The van der Waals surface area contributed by atoms with E-state index in [2.05, 4.69) is 20.5 Å². The maximum atomic E-state index is 13.9. The first-order chi connectivity index (χ1) is 18.1. The number of alkyl halides is 3. The van der Waals surface area contributed by atoms with Gasteiger partial charge in [-0.15, -0.1) is 0 Å². The van der Waals surface area contributed by atoms with Crippen LogP contribution in [0.2, 0.25) is 10.0 Å². The largest absolute Gasteiger partial charge is 0.497 e. The number of aromatic nitrogens is 5. The first-order valence-corrected chi connectivity index (χ1v) is 11.8. The molecule has 38 heavy (non-hydrogen) atoms. The van der Waals surface area contributed by atoms with Crippen molar-refractivity contribution in [2.75, 3.05) is 12.4 Å². The smallest absolute Gasteiger partial charge is 0.433 e. The van der Waals surface area contributed by atoms with Crippen LogP contribution >= 0.6 is 23.2 Å². The van der Waals surface area contributed by atoms with Crippen LogP contribution in [0.15, 0.2) is 66.9 Å². The number of anilines is 1. The molecule has 2 aromatic carbocycles. The van der Waals surface area contributed by atoms with Gasteiger partial charge in [0.25, 0.3) is 5.91 Å². The number of methoxy groups -OCH3 is 1. The van der Waals surface area contributed by atoms with Gasteiger partial charge in [-0.2, -0.15) is 23.4 Å². The average Bonchev–Trinajstić information content (AvgIpc) is 3.51. The molecule has 0 atom stereocenters. The summed E-state index contributed by atoms with van der Waals surface area (Å²) >= 11 is 12.1. The van der Waals surface area contributed by atoms with Gasteiger partial charge in [0, 0.05) is 33.9 Å². The fraction of sp³-hybridized carbons (Fsp3) is 0.120. The van der Waals surface area contributed by atoms with E-state index >= 15 is 0 Å². The minimum atomic E-state index is -4.75. The normalized spacial score (nSPS) is 11.6. The third-order valence-corrected chi connectivity index (χ3v) is 6.15. The maximum absolute atomic E-state index is 13.9. The molecule has 3 aromatic heterocycles. The fourth-order valence-corrected chi connectivity index (χ4v) is 4.19. The molecular formula is C25H17Cl2F3N6O2. The number of hydrogen-bond donors (Lipinski definition) is 1. The molecule has 0 saturated carbocycles. The SMILES string of the molecule is COc1ccc(-c2cc(C(F)(F)F)n3nc(C(=O)Nc4ccn(Cc5ccc(Cl)cc5Cl)n4)cc3n2)cc1. The highest BCUT2D eigenvalue weighted by Crippen LogP contribution is 2.33. The van der Waals surface area contributed by atoms with Crippen LogP contribution in [0.1, 0.15) is 21.7 Å². The fourth-order valence-electron chi connectivity index (χ4n) is 3.72. The Hall–Kier alpha value is -4.09. The molecule has 8 nitrogen and oxygen atoms in total. The highest BCUT2D eigenvalue weighted by atomic mass is 35.5. The standard InChI is InChI=1S/C25H17Cl2F3N6O2/c1-38-17-6-3-14(4-7-17)19-11-21(25(28,29)30)36-23(31-19)12-20(33-36)24(37)32-22-8-9-35(34-22)13-15-2-5-16(26)10-18(15)27/h2-12H,13H2,1H3,(H,32,34,37). The monoisotopic (exact) mass is 560 g/mol. The summed E-state index contributed by atoms with van der Waals surface area (Å²) in [6.07, 6.45) is -3.13. The molecule has 0 fully saturated rings. The Morgan fingerprint density at radius 3 is 2.47 bits per heavy atom. The Bertz CT molecular complexity index is 1650. The number of hydrogen-bond acceptors (Lipinski definition) is 5. The number of amides is 1. The Morgan fingerprint density at radius 1 is 1.03 bits per heavy atom. The van der Waals surface area contributed by atoms with Gasteiger partial charge in [0.05, 0.1) is 19.3 Å². The molecule has 13 heteroatoms. The summed E-state index contributed by atoms with van der Waals surface area (Å²) in [5.41, 5.74) is -0.201. The number of fused-ring (bicyclic) bond motifs is 1. The minimum Gasteiger partial charge on any atom is -0.497 e. The zero-order chi connectivity index (χ0) is 27.0. The van der Waals surface area contributed by atoms with Crippen molar-refractivity contribution in [3.63, 3.8) is 0 Å². The van der Waals surface area contributed by atoms with Gasteiger partial charge in [-0.05, 0) is 48.0 Å². The summed E-state index contributed by atoms with van der Waals surface area (Å²) in [6.45, 7) is 0.313. The molecule has 1 N–H and O–H groups in total. The summed E-state index contributed by atoms with van der Waals surface area (Å²) in [5.74, 6) is -0.0163. The van der Waals surface area contributed by atoms with Crippen LogP contribution in [-0.4, -0.2) is 37.4 Å². The zero-order valence-electron chi connectivity index (χ0n) is 19.5. The molecule has 0 aliphatic carbocycles. The third-order valence-electron chi connectivity index (χ3n) is 5.57. The molecule has 0 spiro atoms. The highest BCUT2D eigenvalue weighted by Gasteiger charge is 2.35. The first kappa shape index (κ1) is 25.6. The lowest BCUT2D eigenvalue weighted by Crippen LogP contribution is -2.16. The summed E-state index contributed by atoms with van der Waals surface area (Å²) in [7, 11) is 1.49. The summed E-state index contributed by atoms with van der Waals surface area (Å²) in [4.78, 5) is 17.1. The number of carbonyl (C=O) groups excluding carboxylic acids is 1. The van der Waals surface area contributed by atoms with Crippen molar-refractivity contribution < 1.29 is 22.7 Å². The van der Waals surface area contributed by atoms with Crippen LogP contribution in [-0.2, 0) is 12.7 Å². The van der Waals surface area contributed by atoms with Crippen molar-refractivity contribution in [2.24, 2.45) is 0 Å². The molecule has 194 valence electrons. The van der Waals surface area contributed by atoms with Gasteiger partial charge in [-0.3, -0.25) is 9.48 Å². The molecule has 0 aliphatic rings. The molecule has 0 radical (unpaired) electrons. The lowest BCUT2D eigenvalue weighted by molar-refractivity contribution is -0.142. The summed E-state index contributed by atoms with van der Waals surface area (Å²) < 4.78 is 48.9. The topological polar surface area (TPSA) is 86.3 Å². The van der Waals surface area contributed by atoms with E-state index in [0.29, 0.717) is 32.4 Å². The van der Waals surface area contributed by atoms with E-state index in [1.54, 1.807) is 59.4 Å². The van der Waals surface area contributed by atoms with Gasteiger partial charge in [0.15, 0.2) is 22.9 Å². The summed E-state index contributed by atoms with van der Waals surface area (Å²) in [5, 5.41) is 11.6. The van der Waals surface area contributed by atoms with Crippen LogP contribution in [0, 0.1) is 0 Å². The number of rotatable bonds is 6. The quantitative estimate of drug-likeness (QED) is 0.266. The predicted octanol–water partition coefficient (Wildman–Crippen LogP) is 6.23. The van der Waals surface area contributed by atoms with E-state index in [0.717, 1.165) is 11.6 Å². The number of carbonyl (C=O) groups is 1. The molecule has 5 rings (SSSR count). The van der Waals surface area contributed by atoms with Gasteiger partial charge >= 0.3 is 6.18 Å². The zero-order valence-corrected chi connectivity index (χ0v) is 21.0. The Morgan fingerprint density at radius 2 is 1.79 bits per heavy atom. The van der Waals surface area contributed by atoms with Crippen molar-refractivity contribution in [3.05, 3.63) is 93.9 Å². The van der Waals surface area contributed by atoms with E-state index < -0.39 is 17.8 Å². The number of nitrogens with one attached hydrogen (secondary N) is 1. The van der Waals surface area contributed by atoms with Crippen LogP contribution in [0.25, 0.3) is 16.9 Å². The van der Waals surface area contributed by atoms with Crippen molar-refractivity contribution in [1.29, 1.82) is 0 Å². The molecule has 3 heterocycles. The second-order valence-corrected chi connectivity index (χ2v) is 8.98. The van der Waals surface area contributed by atoms with E-state index in [1.165, 1.54) is 13.2 Å². The lowest BCUT2D eigenvalue weighted by atomic mass is 10.1. The number of halogens is 5. The molecule has 5 aromatic rings. The van der Waals surface area contributed by atoms with Crippen LogP contribution in [0.5, 0.6) is 5.75 Å². The number of ether oxygens (including phenoxy) is 1. The van der Waals surface area contributed by atoms with E-state index in [-0.39, 0.29) is 22.9 Å². The van der Waals surface area contributed by atoms with E-state index in [1.807, 2.05) is 0 Å². The molecule has 0 saturated heterocycles. The average molecular weight is 561 g/mol. The Kier molecular flexibility index (Phi) is 6.72. The second kappa shape index (κ2) is 9.99.